The van der Waals surface area contributed by atoms with Crippen LogP contribution in [0.3, 0.4) is 0 Å². The molecule has 8 heteroatoms. The van der Waals surface area contributed by atoms with E-state index in [2.05, 4.69) is 0 Å². The minimum Gasteiger partial charge on any atom is -0.480 e. The van der Waals surface area contributed by atoms with Crippen molar-refractivity contribution in [1.29, 1.82) is 0 Å². The lowest BCUT2D eigenvalue weighted by molar-refractivity contribution is -0.140. The van der Waals surface area contributed by atoms with Gasteiger partial charge in [0.2, 0.25) is 10.0 Å². The maximum absolute atomic E-state index is 12.5. The number of carboxylic acids is 1. The van der Waals surface area contributed by atoms with Crippen LogP contribution in [0.15, 0.2) is 29.2 Å². The second-order valence-corrected chi connectivity index (χ2v) is 7.70. The van der Waals surface area contributed by atoms with E-state index in [4.69, 9.17) is 16.7 Å². The lowest BCUT2D eigenvalue weighted by Gasteiger charge is -2.24. The molecule has 1 aromatic carbocycles. The summed E-state index contributed by atoms with van der Waals surface area (Å²) in [6.07, 6.45) is 0. The van der Waals surface area contributed by atoms with Crippen LogP contribution < -0.4 is 0 Å². The molecule has 1 aromatic rings. The Labute approximate surface area is 120 Å². The standard InChI is InChI=1S/C11H12ClNO4S2/c1-7-13(10(6-18-7)11(14)15)19(16,17)9-4-2-8(12)3-5-9/h2-5,7,10H,6H2,1H3,(H,14,15). The number of carbonyl (C=O) groups is 1. The van der Waals surface area contributed by atoms with Gasteiger partial charge in [-0.15, -0.1) is 11.8 Å². The molecule has 19 heavy (non-hydrogen) atoms. The van der Waals surface area contributed by atoms with Gasteiger partial charge in [0.1, 0.15) is 6.04 Å². The minimum absolute atomic E-state index is 0.0532. The number of thioether (sulfide) groups is 1. The summed E-state index contributed by atoms with van der Waals surface area (Å²) in [7, 11) is -3.83. The summed E-state index contributed by atoms with van der Waals surface area (Å²) in [4.78, 5) is 11.2. The molecule has 0 saturated carbocycles. The second kappa shape index (κ2) is 5.32. The summed E-state index contributed by atoms with van der Waals surface area (Å²) in [5, 5.41) is 9.14. The Balaban J connectivity index is 2.43. The zero-order valence-corrected chi connectivity index (χ0v) is 12.4. The molecule has 0 aromatic heterocycles. The van der Waals surface area contributed by atoms with Gasteiger partial charge in [-0.3, -0.25) is 4.79 Å². The third-order valence-corrected chi connectivity index (χ3v) is 6.43. The number of aliphatic carboxylic acids is 1. The monoisotopic (exact) mass is 321 g/mol. The Hall–Kier alpha value is -0.760. The number of halogens is 1. The van der Waals surface area contributed by atoms with E-state index >= 15 is 0 Å². The Bertz CT molecular complexity index is 587. The largest absolute Gasteiger partial charge is 0.480 e. The molecule has 0 bridgehead atoms. The van der Waals surface area contributed by atoms with Crippen molar-refractivity contribution < 1.29 is 18.3 Å². The Morgan fingerprint density at radius 1 is 1.42 bits per heavy atom. The van der Waals surface area contributed by atoms with E-state index in [1.54, 1.807) is 6.92 Å². The van der Waals surface area contributed by atoms with Crippen molar-refractivity contribution in [2.45, 2.75) is 23.2 Å². The zero-order chi connectivity index (χ0) is 14.2. The van der Waals surface area contributed by atoms with Crippen LogP contribution in [0.4, 0.5) is 0 Å². The highest BCUT2D eigenvalue weighted by Crippen LogP contribution is 2.34. The van der Waals surface area contributed by atoms with Crippen molar-refractivity contribution in [3.63, 3.8) is 0 Å². The predicted molar refractivity (Wildman–Crippen MR) is 73.8 cm³/mol. The van der Waals surface area contributed by atoms with Crippen LogP contribution in [0.25, 0.3) is 0 Å². The molecule has 1 saturated heterocycles. The number of hydrogen-bond donors (Lipinski definition) is 1. The van der Waals surface area contributed by atoms with Gasteiger partial charge in [-0.05, 0) is 31.2 Å². The normalized spacial score (nSPS) is 24.5. The fourth-order valence-corrected chi connectivity index (χ4v) is 5.32. The highest BCUT2D eigenvalue weighted by atomic mass is 35.5. The van der Waals surface area contributed by atoms with Crippen molar-refractivity contribution in [1.82, 2.24) is 4.31 Å². The van der Waals surface area contributed by atoms with Gasteiger partial charge in [-0.2, -0.15) is 4.31 Å². The van der Waals surface area contributed by atoms with Gasteiger partial charge in [0.15, 0.2) is 0 Å². The molecule has 2 rings (SSSR count). The molecule has 1 aliphatic heterocycles. The molecule has 5 nitrogen and oxygen atoms in total. The fraction of sp³-hybridized carbons (Fsp3) is 0.364. The third kappa shape index (κ3) is 2.74. The summed E-state index contributed by atoms with van der Waals surface area (Å²) >= 11 is 7.03. The maximum Gasteiger partial charge on any atom is 0.322 e. The van der Waals surface area contributed by atoms with Crippen molar-refractivity contribution in [2.24, 2.45) is 0 Å². The van der Waals surface area contributed by atoms with Gasteiger partial charge in [0, 0.05) is 10.8 Å². The third-order valence-electron chi connectivity index (χ3n) is 2.83. The van der Waals surface area contributed by atoms with Gasteiger partial charge >= 0.3 is 5.97 Å². The minimum atomic E-state index is -3.83. The van der Waals surface area contributed by atoms with Gasteiger partial charge in [-0.25, -0.2) is 8.42 Å². The first-order valence-electron chi connectivity index (χ1n) is 5.47. The van der Waals surface area contributed by atoms with E-state index in [0.717, 1.165) is 4.31 Å². The fourth-order valence-electron chi connectivity index (χ4n) is 1.90. The van der Waals surface area contributed by atoms with Crippen molar-refractivity contribution in [3.05, 3.63) is 29.3 Å². The SMILES string of the molecule is CC1SCC(C(=O)O)N1S(=O)(=O)c1ccc(Cl)cc1. The van der Waals surface area contributed by atoms with E-state index < -0.39 is 27.4 Å². The van der Waals surface area contributed by atoms with Gasteiger partial charge < -0.3 is 5.11 Å². The summed E-state index contributed by atoms with van der Waals surface area (Å²) in [5.41, 5.74) is 0. The molecule has 0 aliphatic carbocycles. The van der Waals surface area contributed by atoms with E-state index in [1.807, 2.05) is 0 Å². The first kappa shape index (κ1) is 14.6. The van der Waals surface area contributed by atoms with E-state index in [0.29, 0.717) is 5.02 Å². The summed E-state index contributed by atoms with van der Waals surface area (Å²) in [6, 6.07) is 4.68. The number of carboxylic acid groups (broad SMARTS) is 1. The zero-order valence-electron chi connectivity index (χ0n) is 9.98. The second-order valence-electron chi connectivity index (χ2n) is 4.08. The molecule has 0 spiro atoms. The molecule has 1 aliphatic rings. The lowest BCUT2D eigenvalue weighted by Crippen LogP contribution is -2.44. The van der Waals surface area contributed by atoms with E-state index in [-0.39, 0.29) is 10.6 Å². The van der Waals surface area contributed by atoms with Crippen LogP contribution in [0.5, 0.6) is 0 Å². The number of benzene rings is 1. The van der Waals surface area contributed by atoms with Crippen molar-refractivity contribution in [3.8, 4) is 0 Å². The maximum atomic E-state index is 12.5. The summed E-state index contributed by atoms with van der Waals surface area (Å²) in [6.45, 7) is 1.68. The first-order valence-corrected chi connectivity index (χ1v) is 8.34. The molecule has 1 heterocycles. The Kier molecular flexibility index (Phi) is 4.10. The average Bonchev–Trinajstić information content (AvgIpc) is 2.72. The quantitative estimate of drug-likeness (QED) is 0.920. The van der Waals surface area contributed by atoms with E-state index in [9.17, 15) is 13.2 Å². The highest BCUT2D eigenvalue weighted by molar-refractivity contribution is 8.01. The van der Waals surface area contributed by atoms with Crippen LogP contribution in [0, 0.1) is 0 Å². The smallest absolute Gasteiger partial charge is 0.322 e. The molecule has 0 radical (unpaired) electrons. The predicted octanol–water partition coefficient (Wildman–Crippen LogP) is 1.88. The van der Waals surface area contributed by atoms with Crippen LogP contribution in [-0.2, 0) is 14.8 Å². The summed E-state index contributed by atoms with van der Waals surface area (Å²) in [5.74, 6) is -0.877. The van der Waals surface area contributed by atoms with Gasteiger partial charge in [0.05, 0.1) is 10.3 Å². The van der Waals surface area contributed by atoms with Gasteiger partial charge in [0.25, 0.3) is 0 Å². The topological polar surface area (TPSA) is 74.7 Å². The van der Waals surface area contributed by atoms with Crippen LogP contribution in [0.1, 0.15) is 6.92 Å². The lowest BCUT2D eigenvalue weighted by atomic mass is 10.3. The van der Waals surface area contributed by atoms with E-state index in [1.165, 1.54) is 36.0 Å². The summed E-state index contributed by atoms with van der Waals surface area (Å²) < 4.78 is 26.0. The highest BCUT2D eigenvalue weighted by Gasteiger charge is 2.44. The molecular formula is C11H12ClNO4S2. The number of sulfonamides is 1. The molecule has 0 amide bonds. The Morgan fingerprint density at radius 3 is 2.53 bits per heavy atom. The number of rotatable bonds is 3. The van der Waals surface area contributed by atoms with Crippen LogP contribution >= 0.6 is 23.4 Å². The van der Waals surface area contributed by atoms with Crippen LogP contribution in [0.2, 0.25) is 5.02 Å². The van der Waals surface area contributed by atoms with Crippen molar-refractivity contribution >= 4 is 39.4 Å². The average molecular weight is 322 g/mol. The molecule has 104 valence electrons. The molecule has 2 unspecified atom stereocenters. The first-order chi connectivity index (χ1) is 8.84. The van der Waals surface area contributed by atoms with Crippen molar-refractivity contribution in [2.75, 3.05) is 5.75 Å². The van der Waals surface area contributed by atoms with Crippen LogP contribution in [-0.4, -0.2) is 41.0 Å². The number of nitrogens with zero attached hydrogens (tertiary/aromatic N) is 1. The molecule has 1 fully saturated rings. The Morgan fingerprint density at radius 2 is 2.00 bits per heavy atom. The molecular weight excluding hydrogens is 310 g/mol. The van der Waals surface area contributed by atoms with Gasteiger partial charge in [-0.1, -0.05) is 11.6 Å². The number of hydrogen-bond acceptors (Lipinski definition) is 4. The molecule has 2 atom stereocenters. The molecule has 1 N–H and O–H groups in total.